The van der Waals surface area contributed by atoms with Crippen LogP contribution in [0.5, 0.6) is 0 Å². The summed E-state index contributed by atoms with van der Waals surface area (Å²) in [5, 5.41) is 1.25. The van der Waals surface area contributed by atoms with Crippen LogP contribution in [0.3, 0.4) is 0 Å². The van der Waals surface area contributed by atoms with Gasteiger partial charge in [0.05, 0.1) is 0 Å². The van der Waals surface area contributed by atoms with Crippen molar-refractivity contribution < 1.29 is 4.39 Å². The molecule has 3 heteroatoms. The summed E-state index contributed by atoms with van der Waals surface area (Å²) in [6.45, 7) is 0. The molecule has 0 amide bonds. The quantitative estimate of drug-likeness (QED) is 0.702. The lowest BCUT2D eigenvalue weighted by molar-refractivity contribution is 0.616. The molecule has 0 saturated carbocycles. The Kier molecular flexibility index (Phi) is 4.19. The van der Waals surface area contributed by atoms with Gasteiger partial charge < -0.3 is 0 Å². The molecule has 0 radical (unpaired) electrons. The first-order valence-electron chi connectivity index (χ1n) is 5.27. The fourth-order valence-corrected chi connectivity index (χ4v) is 2.33. The third-order valence-corrected chi connectivity index (χ3v) is 3.59. The molecule has 0 unspecified atom stereocenters. The van der Waals surface area contributed by atoms with Gasteiger partial charge in [-0.2, -0.15) is 0 Å². The van der Waals surface area contributed by atoms with Crippen molar-refractivity contribution in [3.8, 4) is 0 Å². The van der Waals surface area contributed by atoms with Crippen LogP contribution in [0.15, 0.2) is 42.5 Å². The number of halogens is 3. The number of benzene rings is 2. The van der Waals surface area contributed by atoms with E-state index in [9.17, 15) is 4.39 Å². The molecule has 88 valence electrons. The first-order valence-corrected chi connectivity index (χ1v) is 6.77. The minimum absolute atomic E-state index is 0.175. The predicted molar refractivity (Wildman–Crippen MR) is 73.3 cm³/mol. The van der Waals surface area contributed by atoms with Gasteiger partial charge in [0, 0.05) is 10.4 Å². The maximum atomic E-state index is 13.6. The SMILES string of the molecule is Fc1cc(Cc2ccccc2Cl)ccc1CBr. The van der Waals surface area contributed by atoms with Gasteiger partial charge in [-0.25, -0.2) is 4.39 Å². The zero-order chi connectivity index (χ0) is 12.3. The van der Waals surface area contributed by atoms with E-state index >= 15 is 0 Å². The molecule has 0 aliphatic rings. The third-order valence-electron chi connectivity index (χ3n) is 2.61. The first kappa shape index (κ1) is 12.6. The average Bonchev–Trinajstić information content (AvgIpc) is 2.32. The van der Waals surface area contributed by atoms with Crippen LogP contribution >= 0.6 is 27.5 Å². The van der Waals surface area contributed by atoms with Crippen molar-refractivity contribution in [3.05, 3.63) is 70.0 Å². The molecule has 2 aromatic rings. The molecule has 0 fully saturated rings. The van der Waals surface area contributed by atoms with Gasteiger partial charge in [-0.3, -0.25) is 0 Å². The van der Waals surface area contributed by atoms with Crippen molar-refractivity contribution in [1.29, 1.82) is 0 Å². The van der Waals surface area contributed by atoms with Crippen molar-refractivity contribution in [2.75, 3.05) is 0 Å². The van der Waals surface area contributed by atoms with E-state index < -0.39 is 0 Å². The topological polar surface area (TPSA) is 0 Å². The van der Waals surface area contributed by atoms with Gasteiger partial charge >= 0.3 is 0 Å². The predicted octanol–water partition coefficient (Wildman–Crippen LogP) is 4.96. The van der Waals surface area contributed by atoms with E-state index in [-0.39, 0.29) is 5.82 Å². The molecular weight excluding hydrogens is 303 g/mol. The number of hydrogen-bond donors (Lipinski definition) is 0. The van der Waals surface area contributed by atoms with Crippen LogP contribution in [0.4, 0.5) is 4.39 Å². The smallest absolute Gasteiger partial charge is 0.127 e. The second-order valence-electron chi connectivity index (χ2n) is 3.83. The Balaban J connectivity index is 2.25. The highest BCUT2D eigenvalue weighted by Crippen LogP contribution is 2.21. The second kappa shape index (κ2) is 5.65. The molecule has 0 aromatic heterocycles. The van der Waals surface area contributed by atoms with Crippen LogP contribution in [0.25, 0.3) is 0 Å². The standard InChI is InChI=1S/C14H11BrClF/c15-9-12-6-5-10(8-14(12)17)7-11-3-1-2-4-13(11)16/h1-6,8H,7,9H2. The highest BCUT2D eigenvalue weighted by atomic mass is 79.9. The highest BCUT2D eigenvalue weighted by Gasteiger charge is 2.05. The molecule has 17 heavy (non-hydrogen) atoms. The lowest BCUT2D eigenvalue weighted by Gasteiger charge is -2.06. The molecule has 2 rings (SSSR count). The van der Waals surface area contributed by atoms with Crippen LogP contribution in [0.2, 0.25) is 5.02 Å². The number of rotatable bonds is 3. The van der Waals surface area contributed by atoms with E-state index in [4.69, 9.17) is 11.6 Å². The number of alkyl halides is 1. The summed E-state index contributed by atoms with van der Waals surface area (Å²) in [6.07, 6.45) is 0.652. The summed E-state index contributed by atoms with van der Waals surface area (Å²) < 4.78 is 13.6. The van der Waals surface area contributed by atoms with E-state index in [1.54, 1.807) is 12.1 Å². The normalized spacial score (nSPS) is 10.5. The molecule has 2 aromatic carbocycles. The van der Waals surface area contributed by atoms with Gasteiger partial charge in [-0.05, 0) is 35.2 Å². The van der Waals surface area contributed by atoms with E-state index in [1.165, 1.54) is 0 Å². The van der Waals surface area contributed by atoms with Crippen molar-refractivity contribution in [3.63, 3.8) is 0 Å². The minimum Gasteiger partial charge on any atom is -0.207 e. The van der Waals surface area contributed by atoms with E-state index in [0.717, 1.165) is 16.1 Å². The Hall–Kier alpha value is -0.860. The molecule has 0 spiro atoms. The summed E-state index contributed by atoms with van der Waals surface area (Å²) in [4.78, 5) is 0. The molecule has 0 heterocycles. The Morgan fingerprint density at radius 1 is 1.06 bits per heavy atom. The van der Waals surface area contributed by atoms with Gasteiger partial charge in [-0.15, -0.1) is 0 Å². The fraction of sp³-hybridized carbons (Fsp3) is 0.143. The van der Waals surface area contributed by atoms with Crippen LogP contribution in [0.1, 0.15) is 16.7 Å². The molecule has 0 aliphatic heterocycles. The van der Waals surface area contributed by atoms with E-state index in [2.05, 4.69) is 15.9 Å². The van der Waals surface area contributed by atoms with Gasteiger partial charge in [0.2, 0.25) is 0 Å². The zero-order valence-corrected chi connectivity index (χ0v) is 11.4. The minimum atomic E-state index is -0.175. The molecular formula is C14H11BrClF. The zero-order valence-electron chi connectivity index (χ0n) is 9.09. The van der Waals surface area contributed by atoms with Gasteiger partial charge in [0.25, 0.3) is 0 Å². The van der Waals surface area contributed by atoms with E-state index in [0.29, 0.717) is 17.3 Å². The maximum Gasteiger partial charge on any atom is 0.127 e. The third kappa shape index (κ3) is 3.08. The lowest BCUT2D eigenvalue weighted by Crippen LogP contribution is -1.93. The van der Waals surface area contributed by atoms with Crippen molar-refractivity contribution >= 4 is 27.5 Å². The highest BCUT2D eigenvalue weighted by molar-refractivity contribution is 9.08. The number of hydrogen-bond acceptors (Lipinski definition) is 0. The first-order chi connectivity index (χ1) is 8.20. The Labute approximate surface area is 114 Å². The molecule has 0 atom stereocenters. The molecule has 0 aliphatic carbocycles. The summed E-state index contributed by atoms with van der Waals surface area (Å²) in [7, 11) is 0. The van der Waals surface area contributed by atoms with Crippen LogP contribution in [-0.4, -0.2) is 0 Å². The fourth-order valence-electron chi connectivity index (χ4n) is 1.67. The Bertz CT molecular complexity index is 525. The van der Waals surface area contributed by atoms with Crippen LogP contribution in [0, 0.1) is 5.82 Å². The summed E-state index contributed by atoms with van der Waals surface area (Å²) in [6, 6.07) is 12.9. The molecule has 0 N–H and O–H groups in total. The van der Waals surface area contributed by atoms with Crippen LogP contribution in [-0.2, 0) is 11.8 Å². The Morgan fingerprint density at radius 3 is 2.47 bits per heavy atom. The van der Waals surface area contributed by atoms with Crippen LogP contribution < -0.4 is 0 Å². The van der Waals surface area contributed by atoms with Gasteiger partial charge in [0.15, 0.2) is 0 Å². The lowest BCUT2D eigenvalue weighted by atomic mass is 10.0. The summed E-state index contributed by atoms with van der Waals surface area (Å²) >= 11 is 9.32. The van der Waals surface area contributed by atoms with Gasteiger partial charge in [0.1, 0.15) is 5.82 Å². The molecule has 0 saturated heterocycles. The summed E-state index contributed by atoms with van der Waals surface area (Å²) in [5.41, 5.74) is 2.62. The van der Waals surface area contributed by atoms with Crippen molar-refractivity contribution in [2.45, 2.75) is 11.8 Å². The van der Waals surface area contributed by atoms with E-state index in [1.807, 2.05) is 30.3 Å². The van der Waals surface area contributed by atoms with Crippen molar-refractivity contribution in [1.82, 2.24) is 0 Å². The van der Waals surface area contributed by atoms with Gasteiger partial charge in [-0.1, -0.05) is 57.9 Å². The second-order valence-corrected chi connectivity index (χ2v) is 4.80. The maximum absolute atomic E-state index is 13.6. The monoisotopic (exact) mass is 312 g/mol. The largest absolute Gasteiger partial charge is 0.207 e. The molecule has 0 nitrogen and oxygen atoms in total. The Morgan fingerprint density at radius 2 is 1.82 bits per heavy atom. The average molecular weight is 314 g/mol. The molecule has 0 bridgehead atoms. The summed E-state index contributed by atoms with van der Waals surface area (Å²) in [5.74, 6) is -0.175. The van der Waals surface area contributed by atoms with Crippen molar-refractivity contribution in [2.24, 2.45) is 0 Å².